The molecule has 0 aromatic carbocycles. The van der Waals surface area contributed by atoms with Crippen molar-refractivity contribution in [1.29, 1.82) is 0 Å². The standard InChI is InChI=1S/C5H10O3/c1-3-4(2)8-5(6)7/h4H,3H2,1-2H3,(H,6,7)/t4-/m0/s1. The highest BCUT2D eigenvalue weighted by atomic mass is 16.7. The SMILES string of the molecule is CC[C@H](C)OC(=O)O. The van der Waals surface area contributed by atoms with Crippen LogP contribution in [-0.4, -0.2) is 17.4 Å². The fraction of sp³-hybridized carbons (Fsp3) is 0.800. The molecule has 0 unspecified atom stereocenters. The Balaban J connectivity index is 3.24. The highest BCUT2D eigenvalue weighted by Gasteiger charge is 2.01. The number of ether oxygens (including phenoxy) is 1. The summed E-state index contributed by atoms with van der Waals surface area (Å²) in [5.41, 5.74) is 0. The van der Waals surface area contributed by atoms with Gasteiger partial charge < -0.3 is 9.84 Å². The summed E-state index contributed by atoms with van der Waals surface area (Å²) >= 11 is 0. The van der Waals surface area contributed by atoms with Crippen LogP contribution in [0.5, 0.6) is 0 Å². The smallest absolute Gasteiger partial charge is 0.450 e. The Hall–Kier alpha value is -0.730. The Morgan fingerprint density at radius 3 is 2.50 bits per heavy atom. The molecule has 0 amide bonds. The molecular formula is C5H10O3. The van der Waals surface area contributed by atoms with Crippen molar-refractivity contribution in [3.05, 3.63) is 0 Å². The molecule has 1 atom stereocenters. The van der Waals surface area contributed by atoms with Crippen molar-refractivity contribution in [2.75, 3.05) is 0 Å². The summed E-state index contributed by atoms with van der Waals surface area (Å²) in [6.07, 6.45) is -0.640. The summed E-state index contributed by atoms with van der Waals surface area (Å²) in [6, 6.07) is 0. The van der Waals surface area contributed by atoms with Gasteiger partial charge in [0, 0.05) is 0 Å². The van der Waals surface area contributed by atoms with Crippen LogP contribution in [0.15, 0.2) is 0 Å². The molecule has 0 bridgehead atoms. The number of hydrogen-bond acceptors (Lipinski definition) is 2. The van der Waals surface area contributed by atoms with Crippen LogP contribution < -0.4 is 0 Å². The molecule has 1 N–H and O–H groups in total. The number of hydrogen-bond donors (Lipinski definition) is 1. The summed E-state index contributed by atoms with van der Waals surface area (Å²) < 4.78 is 4.32. The van der Waals surface area contributed by atoms with E-state index in [0.29, 0.717) is 0 Å². The van der Waals surface area contributed by atoms with Gasteiger partial charge >= 0.3 is 6.16 Å². The second-order valence-electron chi connectivity index (χ2n) is 1.60. The van der Waals surface area contributed by atoms with Crippen LogP contribution in [0, 0.1) is 0 Å². The Labute approximate surface area is 48.3 Å². The molecule has 0 fully saturated rings. The van der Waals surface area contributed by atoms with Gasteiger partial charge in [-0.05, 0) is 13.3 Å². The van der Waals surface area contributed by atoms with Gasteiger partial charge in [-0.15, -0.1) is 0 Å². The van der Waals surface area contributed by atoms with Gasteiger partial charge in [0.05, 0.1) is 0 Å². The lowest BCUT2D eigenvalue weighted by atomic mass is 10.3. The monoisotopic (exact) mass is 118 g/mol. The molecule has 48 valence electrons. The van der Waals surface area contributed by atoms with E-state index in [1.54, 1.807) is 6.92 Å². The summed E-state index contributed by atoms with van der Waals surface area (Å²) in [7, 11) is 0. The maximum absolute atomic E-state index is 9.75. The van der Waals surface area contributed by atoms with Gasteiger partial charge in [0.15, 0.2) is 0 Å². The van der Waals surface area contributed by atoms with E-state index >= 15 is 0 Å². The highest BCUT2D eigenvalue weighted by Crippen LogP contribution is 1.94. The Morgan fingerprint density at radius 1 is 1.88 bits per heavy atom. The average Bonchev–Trinajstić information content (AvgIpc) is 1.65. The van der Waals surface area contributed by atoms with Crippen molar-refractivity contribution < 1.29 is 14.6 Å². The summed E-state index contributed by atoms with van der Waals surface area (Å²) in [5, 5.41) is 7.99. The van der Waals surface area contributed by atoms with E-state index in [1.807, 2.05) is 6.92 Å². The topological polar surface area (TPSA) is 46.5 Å². The maximum Gasteiger partial charge on any atom is 0.506 e. The predicted molar refractivity (Wildman–Crippen MR) is 28.9 cm³/mol. The van der Waals surface area contributed by atoms with Gasteiger partial charge in [0.25, 0.3) is 0 Å². The zero-order valence-corrected chi connectivity index (χ0v) is 5.05. The van der Waals surface area contributed by atoms with Gasteiger partial charge in [-0.25, -0.2) is 4.79 Å². The Morgan fingerprint density at radius 2 is 2.38 bits per heavy atom. The van der Waals surface area contributed by atoms with Crippen molar-refractivity contribution >= 4 is 6.16 Å². The molecule has 0 radical (unpaired) electrons. The second-order valence-corrected chi connectivity index (χ2v) is 1.60. The van der Waals surface area contributed by atoms with E-state index in [9.17, 15) is 4.79 Å². The van der Waals surface area contributed by atoms with Crippen LogP contribution in [0.4, 0.5) is 4.79 Å². The fourth-order valence-electron chi connectivity index (χ4n) is 0.255. The zero-order valence-electron chi connectivity index (χ0n) is 5.05. The minimum atomic E-state index is -1.20. The molecule has 0 aliphatic carbocycles. The van der Waals surface area contributed by atoms with Crippen LogP contribution in [0.1, 0.15) is 20.3 Å². The van der Waals surface area contributed by atoms with Crippen LogP contribution in [-0.2, 0) is 4.74 Å². The molecule has 0 saturated heterocycles. The summed E-state index contributed by atoms with van der Waals surface area (Å²) in [6.45, 7) is 3.59. The Bertz CT molecular complexity index is 79.7. The van der Waals surface area contributed by atoms with Gasteiger partial charge in [-0.3, -0.25) is 0 Å². The van der Waals surface area contributed by atoms with E-state index in [-0.39, 0.29) is 6.10 Å². The molecule has 0 spiro atoms. The van der Waals surface area contributed by atoms with Gasteiger partial charge in [-0.2, -0.15) is 0 Å². The molecule has 8 heavy (non-hydrogen) atoms. The quantitative estimate of drug-likeness (QED) is 0.558. The van der Waals surface area contributed by atoms with Crippen LogP contribution in [0.25, 0.3) is 0 Å². The molecule has 0 rings (SSSR count). The lowest BCUT2D eigenvalue weighted by molar-refractivity contribution is 0.0577. The lowest BCUT2D eigenvalue weighted by Crippen LogP contribution is -2.10. The zero-order chi connectivity index (χ0) is 6.57. The molecule has 3 nitrogen and oxygen atoms in total. The normalized spacial score (nSPS) is 12.8. The first-order valence-corrected chi connectivity index (χ1v) is 2.56. The van der Waals surface area contributed by atoms with Crippen molar-refractivity contribution in [2.45, 2.75) is 26.4 Å². The third kappa shape index (κ3) is 3.46. The van der Waals surface area contributed by atoms with Crippen LogP contribution in [0.2, 0.25) is 0 Å². The third-order valence-electron chi connectivity index (χ3n) is 0.877. The first-order valence-electron chi connectivity index (χ1n) is 2.56. The van der Waals surface area contributed by atoms with E-state index < -0.39 is 6.16 Å². The molecule has 0 aliphatic heterocycles. The van der Waals surface area contributed by atoms with Crippen LogP contribution in [0.3, 0.4) is 0 Å². The first kappa shape index (κ1) is 7.27. The minimum absolute atomic E-state index is 0.174. The average molecular weight is 118 g/mol. The molecule has 3 heteroatoms. The van der Waals surface area contributed by atoms with Gasteiger partial charge in [0.2, 0.25) is 0 Å². The molecule has 0 aliphatic rings. The molecule has 0 heterocycles. The Kier molecular flexibility index (Phi) is 2.99. The fourth-order valence-corrected chi connectivity index (χ4v) is 0.255. The van der Waals surface area contributed by atoms with Crippen molar-refractivity contribution in [2.24, 2.45) is 0 Å². The van der Waals surface area contributed by atoms with Crippen LogP contribution >= 0.6 is 0 Å². The lowest BCUT2D eigenvalue weighted by Gasteiger charge is -2.04. The van der Waals surface area contributed by atoms with Crippen molar-refractivity contribution in [3.8, 4) is 0 Å². The molecular weight excluding hydrogens is 108 g/mol. The minimum Gasteiger partial charge on any atom is -0.450 e. The number of rotatable bonds is 2. The van der Waals surface area contributed by atoms with Gasteiger partial charge in [0.1, 0.15) is 6.10 Å². The summed E-state index contributed by atoms with van der Waals surface area (Å²) in [5.74, 6) is 0. The van der Waals surface area contributed by atoms with Crippen molar-refractivity contribution in [1.82, 2.24) is 0 Å². The summed E-state index contributed by atoms with van der Waals surface area (Å²) in [4.78, 5) is 9.75. The maximum atomic E-state index is 9.75. The van der Waals surface area contributed by atoms with E-state index in [4.69, 9.17) is 5.11 Å². The van der Waals surface area contributed by atoms with E-state index in [2.05, 4.69) is 4.74 Å². The van der Waals surface area contributed by atoms with Crippen molar-refractivity contribution in [3.63, 3.8) is 0 Å². The van der Waals surface area contributed by atoms with E-state index in [0.717, 1.165) is 6.42 Å². The number of carbonyl (C=O) groups is 1. The predicted octanol–water partition coefficient (Wildman–Crippen LogP) is 1.48. The molecule has 0 aromatic heterocycles. The first-order chi connectivity index (χ1) is 3.66. The molecule has 0 aromatic rings. The number of carboxylic acid groups (broad SMARTS) is 1. The largest absolute Gasteiger partial charge is 0.506 e. The third-order valence-corrected chi connectivity index (χ3v) is 0.877. The van der Waals surface area contributed by atoms with E-state index in [1.165, 1.54) is 0 Å². The van der Waals surface area contributed by atoms with Gasteiger partial charge in [-0.1, -0.05) is 6.92 Å². The highest BCUT2D eigenvalue weighted by molar-refractivity contribution is 5.56. The molecule has 0 saturated carbocycles. The second kappa shape index (κ2) is 3.29.